The van der Waals surface area contributed by atoms with Crippen molar-refractivity contribution in [1.29, 1.82) is 0 Å². The van der Waals surface area contributed by atoms with Crippen molar-refractivity contribution in [3.63, 3.8) is 0 Å². The maximum absolute atomic E-state index is 13.3. The molecule has 0 aromatic heterocycles. The van der Waals surface area contributed by atoms with Crippen LogP contribution in [0.25, 0.3) is 10.4 Å². The number of carbonyl (C=O) groups is 1. The van der Waals surface area contributed by atoms with Crippen LogP contribution in [0.3, 0.4) is 0 Å². The molecule has 0 aliphatic rings. The number of amides is 1. The summed E-state index contributed by atoms with van der Waals surface area (Å²) >= 11 is 0. The van der Waals surface area contributed by atoms with E-state index in [0.29, 0.717) is 12.5 Å². The third-order valence-corrected chi connectivity index (χ3v) is 2.16. The molecule has 0 atom stereocenters. The molecular weight excluding hydrogens is 265 g/mol. The largest absolute Gasteiger partial charge is 0.503 e. The van der Waals surface area contributed by atoms with Gasteiger partial charge in [0.05, 0.1) is 5.56 Å². The molecule has 9 heteroatoms. The van der Waals surface area contributed by atoms with E-state index in [2.05, 4.69) is 15.3 Å². The highest BCUT2D eigenvalue weighted by Crippen LogP contribution is 2.25. The normalized spacial score (nSPS) is 9.84. The second-order valence-electron chi connectivity index (χ2n) is 3.45. The minimum atomic E-state index is -1.75. The number of phenols is 1. The number of hydrogen-bond acceptors (Lipinski definition) is 3. The van der Waals surface area contributed by atoms with Crippen LogP contribution in [-0.2, 0) is 0 Å². The van der Waals surface area contributed by atoms with Crippen molar-refractivity contribution in [2.45, 2.75) is 6.42 Å². The van der Waals surface area contributed by atoms with Crippen molar-refractivity contribution in [1.82, 2.24) is 5.32 Å². The van der Waals surface area contributed by atoms with Gasteiger partial charge in [-0.3, -0.25) is 4.79 Å². The van der Waals surface area contributed by atoms with Gasteiger partial charge in [0, 0.05) is 18.0 Å². The third-order valence-electron chi connectivity index (χ3n) is 2.16. The van der Waals surface area contributed by atoms with E-state index in [0.717, 1.165) is 0 Å². The summed E-state index contributed by atoms with van der Waals surface area (Å²) in [4.78, 5) is 13.9. The van der Waals surface area contributed by atoms with Gasteiger partial charge in [-0.1, -0.05) is 5.11 Å². The molecule has 0 saturated heterocycles. The summed E-state index contributed by atoms with van der Waals surface area (Å²) in [7, 11) is 0. The van der Waals surface area contributed by atoms with Crippen LogP contribution in [-0.4, -0.2) is 24.1 Å². The number of halogens is 3. The van der Waals surface area contributed by atoms with Gasteiger partial charge in [0.25, 0.3) is 5.91 Å². The molecule has 0 spiro atoms. The molecule has 1 aromatic rings. The number of benzene rings is 1. The number of rotatable bonds is 5. The van der Waals surface area contributed by atoms with E-state index < -0.39 is 34.7 Å². The van der Waals surface area contributed by atoms with E-state index in [-0.39, 0.29) is 13.1 Å². The number of aromatic hydroxyl groups is 1. The molecule has 0 heterocycles. The van der Waals surface area contributed by atoms with Gasteiger partial charge in [0.2, 0.25) is 5.82 Å². The average molecular weight is 274 g/mol. The van der Waals surface area contributed by atoms with Crippen LogP contribution in [0.5, 0.6) is 5.75 Å². The van der Waals surface area contributed by atoms with E-state index in [1.165, 1.54) is 0 Å². The lowest BCUT2D eigenvalue weighted by Gasteiger charge is -2.07. The van der Waals surface area contributed by atoms with E-state index in [1.807, 2.05) is 0 Å². The number of phenolic OH excluding ortho intramolecular Hbond substituents is 1. The number of nitrogens with one attached hydrogen (secondary N) is 1. The second kappa shape index (κ2) is 6.50. The standard InChI is InChI=1S/C10H9F3N4O2/c11-6-4-5(7(12)9(18)8(6)13)10(19)15-2-1-3-16-17-14/h4,18H,1-3H2,(H,15,19). The van der Waals surface area contributed by atoms with Crippen LogP contribution >= 0.6 is 0 Å². The van der Waals surface area contributed by atoms with Gasteiger partial charge < -0.3 is 10.4 Å². The maximum atomic E-state index is 13.3. The van der Waals surface area contributed by atoms with Crippen LogP contribution in [0.2, 0.25) is 0 Å². The monoisotopic (exact) mass is 274 g/mol. The molecule has 0 bridgehead atoms. The highest BCUT2D eigenvalue weighted by Gasteiger charge is 2.22. The summed E-state index contributed by atoms with van der Waals surface area (Å²) in [5, 5.41) is 14.3. The molecule has 1 aromatic carbocycles. The molecule has 1 amide bonds. The lowest BCUT2D eigenvalue weighted by molar-refractivity contribution is 0.0947. The minimum absolute atomic E-state index is 0.0526. The summed E-state index contributed by atoms with van der Waals surface area (Å²) < 4.78 is 39.1. The first-order valence-electron chi connectivity index (χ1n) is 5.14. The zero-order chi connectivity index (χ0) is 14.4. The first-order chi connectivity index (χ1) is 8.99. The third kappa shape index (κ3) is 3.52. The molecule has 2 N–H and O–H groups in total. The Balaban J connectivity index is 2.75. The van der Waals surface area contributed by atoms with E-state index >= 15 is 0 Å². The van der Waals surface area contributed by atoms with Crippen molar-refractivity contribution < 1.29 is 23.1 Å². The molecule has 0 aliphatic carbocycles. The highest BCUT2D eigenvalue weighted by atomic mass is 19.2. The van der Waals surface area contributed by atoms with Gasteiger partial charge in [-0.2, -0.15) is 4.39 Å². The molecule has 19 heavy (non-hydrogen) atoms. The van der Waals surface area contributed by atoms with Gasteiger partial charge in [0.1, 0.15) is 0 Å². The molecular formula is C10H9F3N4O2. The van der Waals surface area contributed by atoms with Crippen LogP contribution in [0.4, 0.5) is 13.2 Å². The Hall–Kier alpha value is -2.41. The Kier molecular flexibility index (Phi) is 5.01. The summed E-state index contributed by atoms with van der Waals surface area (Å²) in [5.41, 5.74) is 7.19. The molecule has 0 saturated carbocycles. The predicted octanol–water partition coefficient (Wildman–Crippen LogP) is 2.24. The first-order valence-corrected chi connectivity index (χ1v) is 5.14. The highest BCUT2D eigenvalue weighted by molar-refractivity contribution is 5.94. The van der Waals surface area contributed by atoms with Crippen molar-refractivity contribution in [2.75, 3.05) is 13.1 Å². The van der Waals surface area contributed by atoms with E-state index in [1.54, 1.807) is 0 Å². The summed E-state index contributed by atoms with van der Waals surface area (Å²) in [6.07, 6.45) is 0.299. The number of nitrogens with zero attached hydrogens (tertiary/aromatic N) is 3. The first kappa shape index (κ1) is 14.7. The summed E-state index contributed by atoms with van der Waals surface area (Å²) in [6, 6.07) is 0.354. The van der Waals surface area contributed by atoms with Crippen molar-refractivity contribution in [3.05, 3.63) is 39.5 Å². The fourth-order valence-corrected chi connectivity index (χ4v) is 1.25. The van der Waals surface area contributed by atoms with Gasteiger partial charge in [-0.25, -0.2) is 8.78 Å². The smallest absolute Gasteiger partial charge is 0.254 e. The van der Waals surface area contributed by atoms with Crippen molar-refractivity contribution in [3.8, 4) is 5.75 Å². The van der Waals surface area contributed by atoms with Crippen molar-refractivity contribution in [2.24, 2.45) is 5.11 Å². The van der Waals surface area contributed by atoms with Crippen LogP contribution < -0.4 is 5.32 Å². The topological polar surface area (TPSA) is 98.1 Å². The zero-order valence-electron chi connectivity index (χ0n) is 9.53. The Morgan fingerprint density at radius 3 is 2.74 bits per heavy atom. The maximum Gasteiger partial charge on any atom is 0.254 e. The van der Waals surface area contributed by atoms with Gasteiger partial charge in [0.15, 0.2) is 17.4 Å². The lowest BCUT2D eigenvalue weighted by atomic mass is 10.1. The number of carbonyl (C=O) groups excluding carboxylic acids is 1. The summed E-state index contributed by atoms with van der Waals surface area (Å²) in [6.45, 7) is 0.180. The molecule has 0 radical (unpaired) electrons. The Morgan fingerprint density at radius 1 is 1.42 bits per heavy atom. The van der Waals surface area contributed by atoms with Crippen molar-refractivity contribution >= 4 is 5.91 Å². The molecule has 0 unspecified atom stereocenters. The van der Waals surface area contributed by atoms with Crippen LogP contribution in [0, 0.1) is 17.5 Å². The Labute approximate surface area is 105 Å². The quantitative estimate of drug-likeness (QED) is 0.283. The molecule has 1 rings (SSSR count). The molecule has 0 fully saturated rings. The zero-order valence-corrected chi connectivity index (χ0v) is 9.53. The van der Waals surface area contributed by atoms with Crippen LogP contribution in [0.15, 0.2) is 11.2 Å². The summed E-state index contributed by atoms with van der Waals surface area (Å²) in [5.74, 6) is -7.37. The Morgan fingerprint density at radius 2 is 2.11 bits per heavy atom. The molecule has 0 aliphatic heterocycles. The second-order valence-corrected chi connectivity index (χ2v) is 3.45. The predicted molar refractivity (Wildman–Crippen MR) is 58.9 cm³/mol. The fourth-order valence-electron chi connectivity index (χ4n) is 1.25. The number of hydrogen-bond donors (Lipinski definition) is 2. The van der Waals surface area contributed by atoms with Gasteiger partial charge >= 0.3 is 0 Å². The number of azide groups is 1. The van der Waals surface area contributed by atoms with Gasteiger partial charge in [-0.05, 0) is 18.0 Å². The average Bonchev–Trinajstić information content (AvgIpc) is 2.40. The lowest BCUT2D eigenvalue weighted by Crippen LogP contribution is -2.26. The molecule has 6 nitrogen and oxygen atoms in total. The van der Waals surface area contributed by atoms with Crippen LogP contribution in [0.1, 0.15) is 16.8 Å². The van der Waals surface area contributed by atoms with E-state index in [9.17, 15) is 18.0 Å². The Bertz CT molecular complexity index is 544. The fraction of sp³-hybridized carbons (Fsp3) is 0.300. The van der Waals surface area contributed by atoms with Gasteiger partial charge in [-0.15, -0.1) is 0 Å². The molecule has 102 valence electrons. The minimum Gasteiger partial charge on any atom is -0.503 e. The van der Waals surface area contributed by atoms with E-state index in [4.69, 9.17) is 10.6 Å². The SMILES string of the molecule is [N-]=[N+]=NCCCNC(=O)c1cc(F)c(F)c(O)c1F.